The zero-order chi connectivity index (χ0) is 14.8. The maximum Gasteiger partial charge on any atom is 0.416 e. The molecule has 0 saturated carbocycles. The van der Waals surface area contributed by atoms with Gasteiger partial charge in [0.15, 0.2) is 0 Å². The molecular formula is C11H10ClF6N. The molecular weight excluding hydrogens is 296 g/mol. The normalized spacial score (nSPS) is 14.5. The van der Waals surface area contributed by atoms with Gasteiger partial charge in [-0.2, -0.15) is 26.3 Å². The summed E-state index contributed by atoms with van der Waals surface area (Å²) < 4.78 is 75.2. The molecule has 0 fully saturated rings. The summed E-state index contributed by atoms with van der Waals surface area (Å²) in [6.45, 7) is -0.0425. The van der Waals surface area contributed by atoms with Crippen LogP contribution in [0.5, 0.6) is 0 Å². The van der Waals surface area contributed by atoms with E-state index >= 15 is 0 Å². The summed E-state index contributed by atoms with van der Waals surface area (Å²) in [6, 6.07) is 1.38. The Bertz CT molecular complexity index is 408. The van der Waals surface area contributed by atoms with Crippen LogP contribution >= 0.6 is 11.6 Å². The van der Waals surface area contributed by atoms with Gasteiger partial charge in [0.1, 0.15) is 0 Å². The zero-order valence-corrected chi connectivity index (χ0v) is 10.2. The van der Waals surface area contributed by atoms with Crippen molar-refractivity contribution in [3.63, 3.8) is 0 Å². The summed E-state index contributed by atoms with van der Waals surface area (Å²) in [7, 11) is 0. The lowest BCUT2D eigenvalue weighted by atomic mass is 10.0. The Labute approximate surface area is 110 Å². The molecule has 19 heavy (non-hydrogen) atoms. The highest BCUT2D eigenvalue weighted by Gasteiger charge is 2.36. The molecule has 1 aromatic rings. The van der Waals surface area contributed by atoms with Gasteiger partial charge in [-0.3, -0.25) is 0 Å². The van der Waals surface area contributed by atoms with Gasteiger partial charge in [-0.1, -0.05) is 0 Å². The minimum atomic E-state index is -4.85. The Morgan fingerprint density at radius 3 is 1.68 bits per heavy atom. The molecule has 1 atom stereocenters. The number of rotatable bonds is 3. The van der Waals surface area contributed by atoms with Gasteiger partial charge < -0.3 is 5.73 Å². The van der Waals surface area contributed by atoms with Crippen LogP contribution in [-0.2, 0) is 18.8 Å². The summed E-state index contributed by atoms with van der Waals surface area (Å²) in [5.74, 6) is 0. The fraction of sp³-hybridized carbons (Fsp3) is 0.455. The monoisotopic (exact) mass is 305 g/mol. The quantitative estimate of drug-likeness (QED) is 0.666. The van der Waals surface area contributed by atoms with Crippen molar-refractivity contribution in [2.45, 2.75) is 24.2 Å². The number of hydrogen-bond donors (Lipinski definition) is 1. The second kappa shape index (κ2) is 5.58. The highest BCUT2D eigenvalue weighted by molar-refractivity contribution is 6.20. The SMILES string of the molecule is NCC(Cl)Cc1cc(C(F)(F)F)cc(C(F)(F)F)c1. The molecule has 1 aromatic carbocycles. The minimum Gasteiger partial charge on any atom is -0.329 e. The topological polar surface area (TPSA) is 26.0 Å². The maximum absolute atomic E-state index is 12.5. The van der Waals surface area contributed by atoms with E-state index in [1.165, 1.54) is 0 Å². The molecule has 0 spiro atoms. The highest BCUT2D eigenvalue weighted by atomic mass is 35.5. The first-order valence-electron chi connectivity index (χ1n) is 5.16. The molecule has 8 heteroatoms. The Morgan fingerprint density at radius 1 is 0.947 bits per heavy atom. The summed E-state index contributed by atoms with van der Waals surface area (Å²) in [5, 5.41) is -0.718. The van der Waals surface area contributed by atoms with E-state index in [0.29, 0.717) is 12.1 Å². The number of alkyl halides is 7. The van der Waals surface area contributed by atoms with Crippen molar-refractivity contribution in [1.29, 1.82) is 0 Å². The fourth-order valence-electron chi connectivity index (χ4n) is 1.48. The van der Waals surface area contributed by atoms with Crippen LogP contribution in [-0.4, -0.2) is 11.9 Å². The lowest BCUT2D eigenvalue weighted by Crippen LogP contribution is -2.18. The second-order valence-corrected chi connectivity index (χ2v) is 4.57. The molecule has 1 rings (SSSR count). The van der Waals surface area contributed by atoms with Crippen molar-refractivity contribution in [2.24, 2.45) is 5.73 Å². The number of nitrogens with two attached hydrogens (primary N) is 1. The molecule has 2 N–H and O–H groups in total. The maximum atomic E-state index is 12.5. The Morgan fingerprint density at radius 2 is 1.37 bits per heavy atom. The standard InChI is InChI=1S/C11H10ClF6N/c12-9(5-19)3-6-1-7(10(13,14)15)4-8(2-6)11(16,17)18/h1-2,4,9H,3,5,19H2. The van der Waals surface area contributed by atoms with Gasteiger partial charge in [-0.05, 0) is 30.2 Å². The lowest BCUT2D eigenvalue weighted by Gasteiger charge is -2.15. The van der Waals surface area contributed by atoms with E-state index in [0.717, 1.165) is 0 Å². The highest BCUT2D eigenvalue weighted by Crippen LogP contribution is 2.36. The van der Waals surface area contributed by atoms with Gasteiger partial charge in [0.05, 0.1) is 11.1 Å². The molecule has 1 nitrogen and oxygen atoms in total. The number of halogens is 7. The van der Waals surface area contributed by atoms with Gasteiger partial charge in [0.25, 0.3) is 0 Å². The largest absolute Gasteiger partial charge is 0.416 e. The van der Waals surface area contributed by atoms with E-state index in [-0.39, 0.29) is 24.6 Å². The van der Waals surface area contributed by atoms with E-state index in [9.17, 15) is 26.3 Å². The van der Waals surface area contributed by atoms with E-state index in [2.05, 4.69) is 0 Å². The first kappa shape index (κ1) is 16.1. The van der Waals surface area contributed by atoms with Crippen LogP contribution in [0.4, 0.5) is 26.3 Å². The van der Waals surface area contributed by atoms with Gasteiger partial charge in [-0.25, -0.2) is 0 Å². The molecule has 108 valence electrons. The Balaban J connectivity index is 3.25. The second-order valence-electron chi connectivity index (χ2n) is 3.95. The van der Waals surface area contributed by atoms with E-state index in [1.807, 2.05) is 0 Å². The zero-order valence-electron chi connectivity index (χ0n) is 9.45. The van der Waals surface area contributed by atoms with Crippen LogP contribution < -0.4 is 5.73 Å². The molecule has 0 aliphatic rings. The third-order valence-electron chi connectivity index (χ3n) is 2.36. The van der Waals surface area contributed by atoms with Gasteiger partial charge in [0, 0.05) is 11.9 Å². The lowest BCUT2D eigenvalue weighted by molar-refractivity contribution is -0.143. The molecule has 0 amide bonds. The molecule has 0 aliphatic heterocycles. The summed E-state index contributed by atoms with van der Waals surface area (Å²) in [6.07, 6.45) is -9.86. The molecule has 0 saturated heterocycles. The summed E-state index contributed by atoms with van der Waals surface area (Å²) >= 11 is 5.65. The Hall–Kier alpha value is -0.950. The van der Waals surface area contributed by atoms with Crippen LogP contribution in [0.2, 0.25) is 0 Å². The molecule has 0 bridgehead atoms. The van der Waals surface area contributed by atoms with Crippen LogP contribution in [0.1, 0.15) is 16.7 Å². The summed E-state index contributed by atoms with van der Waals surface area (Å²) in [5.41, 5.74) is 2.35. The van der Waals surface area contributed by atoms with Gasteiger partial charge >= 0.3 is 12.4 Å². The van der Waals surface area contributed by atoms with Crippen molar-refractivity contribution in [3.05, 3.63) is 34.9 Å². The van der Waals surface area contributed by atoms with E-state index < -0.39 is 28.9 Å². The van der Waals surface area contributed by atoms with Gasteiger partial charge in [-0.15, -0.1) is 11.6 Å². The third-order valence-corrected chi connectivity index (χ3v) is 2.69. The van der Waals surface area contributed by atoms with Crippen LogP contribution in [0.3, 0.4) is 0 Å². The van der Waals surface area contributed by atoms with E-state index in [4.69, 9.17) is 17.3 Å². The van der Waals surface area contributed by atoms with Crippen molar-refractivity contribution in [3.8, 4) is 0 Å². The molecule has 1 unspecified atom stereocenters. The van der Waals surface area contributed by atoms with Crippen molar-refractivity contribution >= 4 is 11.6 Å². The van der Waals surface area contributed by atoms with Crippen molar-refractivity contribution in [2.75, 3.05) is 6.54 Å². The first-order chi connectivity index (χ1) is 8.54. The summed E-state index contributed by atoms with van der Waals surface area (Å²) in [4.78, 5) is 0. The van der Waals surface area contributed by atoms with E-state index in [1.54, 1.807) is 0 Å². The minimum absolute atomic E-state index is 0.0425. The molecule has 0 radical (unpaired) electrons. The molecule has 0 aliphatic carbocycles. The molecule has 0 aromatic heterocycles. The number of benzene rings is 1. The fourth-order valence-corrected chi connectivity index (χ4v) is 1.65. The Kier molecular flexibility index (Phi) is 4.73. The average molecular weight is 306 g/mol. The van der Waals surface area contributed by atoms with Gasteiger partial charge in [0.2, 0.25) is 0 Å². The smallest absolute Gasteiger partial charge is 0.329 e. The third kappa shape index (κ3) is 4.58. The molecule has 0 heterocycles. The van der Waals surface area contributed by atoms with Crippen molar-refractivity contribution < 1.29 is 26.3 Å². The average Bonchev–Trinajstić information content (AvgIpc) is 2.26. The predicted octanol–water partition coefficient (Wildman–Crippen LogP) is 3.83. The first-order valence-corrected chi connectivity index (χ1v) is 5.60. The predicted molar refractivity (Wildman–Crippen MR) is 58.8 cm³/mol. The van der Waals surface area contributed by atoms with Crippen LogP contribution in [0.25, 0.3) is 0 Å². The van der Waals surface area contributed by atoms with Crippen molar-refractivity contribution in [1.82, 2.24) is 0 Å². The van der Waals surface area contributed by atoms with Crippen LogP contribution in [0.15, 0.2) is 18.2 Å². The van der Waals surface area contributed by atoms with Crippen LogP contribution in [0, 0.1) is 0 Å². The number of hydrogen-bond acceptors (Lipinski definition) is 1.